The van der Waals surface area contributed by atoms with Gasteiger partial charge in [0.05, 0.1) is 12.0 Å². The van der Waals surface area contributed by atoms with E-state index in [2.05, 4.69) is 16.0 Å². The molecule has 0 heterocycles. The van der Waals surface area contributed by atoms with Crippen LogP contribution in [0.5, 0.6) is 0 Å². The third-order valence-corrected chi connectivity index (χ3v) is 3.69. The highest BCUT2D eigenvalue weighted by Gasteiger charge is 2.35. The van der Waals surface area contributed by atoms with Crippen molar-refractivity contribution in [1.29, 1.82) is 0 Å². The monoisotopic (exact) mass is 299 g/mol. The van der Waals surface area contributed by atoms with Crippen LogP contribution in [-0.2, 0) is 9.59 Å². The fourth-order valence-electron chi connectivity index (χ4n) is 2.72. The Labute approximate surface area is 124 Å². The molecule has 0 spiro atoms. The third kappa shape index (κ3) is 6.46. The van der Waals surface area contributed by atoms with Crippen molar-refractivity contribution in [3.8, 4) is 0 Å². The van der Waals surface area contributed by atoms with Crippen molar-refractivity contribution < 1.29 is 19.5 Å². The number of urea groups is 1. The van der Waals surface area contributed by atoms with Crippen LogP contribution in [0, 0.1) is 0 Å². The second-order valence-corrected chi connectivity index (χ2v) is 5.50. The van der Waals surface area contributed by atoms with E-state index in [1.54, 1.807) is 0 Å². The summed E-state index contributed by atoms with van der Waals surface area (Å²) >= 11 is 0. The Morgan fingerprint density at radius 1 is 1.10 bits per heavy atom. The van der Waals surface area contributed by atoms with Crippen molar-refractivity contribution in [2.75, 3.05) is 13.1 Å². The highest BCUT2D eigenvalue weighted by molar-refractivity contribution is 5.79. The molecule has 1 aliphatic carbocycles. The van der Waals surface area contributed by atoms with Crippen LogP contribution >= 0.6 is 0 Å². The zero-order chi connectivity index (χ0) is 15.7. The number of rotatable bonds is 7. The molecule has 0 unspecified atom stereocenters. The lowest BCUT2D eigenvalue weighted by molar-refractivity contribution is -0.139. The Morgan fingerprint density at radius 3 is 2.33 bits per heavy atom. The fraction of sp³-hybridized carbons (Fsp3) is 0.786. The minimum atomic E-state index is -0.903. The van der Waals surface area contributed by atoms with E-state index in [1.165, 1.54) is 0 Å². The topological polar surface area (TPSA) is 108 Å². The minimum absolute atomic E-state index is 0.0588. The van der Waals surface area contributed by atoms with Crippen LogP contribution in [0.2, 0.25) is 0 Å². The van der Waals surface area contributed by atoms with Crippen LogP contribution in [-0.4, -0.2) is 41.6 Å². The molecule has 21 heavy (non-hydrogen) atoms. The lowest BCUT2D eigenvalue weighted by Crippen LogP contribution is -2.54. The van der Waals surface area contributed by atoms with Crippen LogP contribution in [0.25, 0.3) is 0 Å². The maximum absolute atomic E-state index is 11.9. The first-order valence-corrected chi connectivity index (χ1v) is 7.52. The first-order valence-electron chi connectivity index (χ1n) is 7.52. The molecular formula is C14H25N3O4. The summed E-state index contributed by atoms with van der Waals surface area (Å²) in [7, 11) is 0. The molecule has 1 rings (SSSR count). The van der Waals surface area contributed by atoms with Gasteiger partial charge in [0.2, 0.25) is 5.91 Å². The van der Waals surface area contributed by atoms with E-state index in [4.69, 9.17) is 5.11 Å². The number of nitrogens with one attached hydrogen (secondary N) is 3. The van der Waals surface area contributed by atoms with E-state index in [0.29, 0.717) is 19.4 Å². The number of amides is 3. The molecular weight excluding hydrogens is 274 g/mol. The molecule has 3 amide bonds. The van der Waals surface area contributed by atoms with Gasteiger partial charge in [-0.3, -0.25) is 9.59 Å². The van der Waals surface area contributed by atoms with Crippen molar-refractivity contribution >= 4 is 17.9 Å². The number of aliphatic carboxylic acids is 1. The predicted molar refractivity (Wildman–Crippen MR) is 77.9 cm³/mol. The van der Waals surface area contributed by atoms with E-state index in [9.17, 15) is 14.4 Å². The zero-order valence-electron chi connectivity index (χ0n) is 12.5. The fourth-order valence-corrected chi connectivity index (χ4v) is 2.72. The summed E-state index contributed by atoms with van der Waals surface area (Å²) in [5.74, 6) is -1.02. The Kier molecular flexibility index (Phi) is 6.98. The van der Waals surface area contributed by atoms with Crippen LogP contribution in [0.1, 0.15) is 51.9 Å². The zero-order valence-corrected chi connectivity index (χ0v) is 12.5. The summed E-state index contributed by atoms with van der Waals surface area (Å²) in [4.78, 5) is 34.2. The van der Waals surface area contributed by atoms with Crippen molar-refractivity contribution in [3.05, 3.63) is 0 Å². The second kappa shape index (κ2) is 8.49. The van der Waals surface area contributed by atoms with Gasteiger partial charge < -0.3 is 21.1 Å². The summed E-state index contributed by atoms with van der Waals surface area (Å²) < 4.78 is 0. The molecule has 1 fully saturated rings. The van der Waals surface area contributed by atoms with Crippen LogP contribution in [0.4, 0.5) is 4.79 Å². The molecule has 120 valence electrons. The van der Waals surface area contributed by atoms with Crippen molar-refractivity contribution in [1.82, 2.24) is 16.0 Å². The van der Waals surface area contributed by atoms with Crippen LogP contribution < -0.4 is 16.0 Å². The van der Waals surface area contributed by atoms with Gasteiger partial charge in [0, 0.05) is 19.5 Å². The lowest BCUT2D eigenvalue weighted by Gasteiger charge is -2.36. The molecule has 0 saturated heterocycles. The van der Waals surface area contributed by atoms with Gasteiger partial charge >= 0.3 is 12.0 Å². The molecule has 0 atom stereocenters. The Bertz CT molecular complexity index is 378. The Balaban J connectivity index is 2.41. The van der Waals surface area contributed by atoms with E-state index < -0.39 is 17.5 Å². The highest BCUT2D eigenvalue weighted by Crippen LogP contribution is 2.31. The summed E-state index contributed by atoms with van der Waals surface area (Å²) in [5.41, 5.74) is -0.653. The molecule has 4 N–H and O–H groups in total. The Morgan fingerprint density at radius 2 is 1.76 bits per heavy atom. The maximum atomic E-state index is 11.9. The number of carboxylic acid groups (broad SMARTS) is 1. The van der Waals surface area contributed by atoms with E-state index in [-0.39, 0.29) is 25.3 Å². The number of hydrogen-bond acceptors (Lipinski definition) is 3. The quantitative estimate of drug-likeness (QED) is 0.562. The van der Waals surface area contributed by atoms with Gasteiger partial charge in [-0.05, 0) is 19.8 Å². The number of carbonyl (C=O) groups excluding carboxylic acids is 2. The van der Waals surface area contributed by atoms with Gasteiger partial charge in [-0.25, -0.2) is 4.79 Å². The molecule has 7 nitrogen and oxygen atoms in total. The van der Waals surface area contributed by atoms with Crippen molar-refractivity contribution in [2.45, 2.75) is 57.4 Å². The summed E-state index contributed by atoms with van der Waals surface area (Å²) in [5, 5.41) is 17.1. The molecule has 0 bridgehead atoms. The third-order valence-electron chi connectivity index (χ3n) is 3.69. The number of carbonyl (C=O) groups is 3. The molecule has 0 aromatic rings. The van der Waals surface area contributed by atoms with Gasteiger partial charge in [0.25, 0.3) is 0 Å². The summed E-state index contributed by atoms with van der Waals surface area (Å²) in [6.45, 7) is 2.63. The average Bonchev–Trinajstić information content (AvgIpc) is 2.38. The van der Waals surface area contributed by atoms with Gasteiger partial charge in [-0.15, -0.1) is 0 Å². The van der Waals surface area contributed by atoms with E-state index >= 15 is 0 Å². The molecule has 0 radical (unpaired) electrons. The van der Waals surface area contributed by atoms with Gasteiger partial charge in [-0.2, -0.15) is 0 Å². The van der Waals surface area contributed by atoms with Gasteiger partial charge in [-0.1, -0.05) is 19.3 Å². The molecule has 1 aliphatic rings. The smallest absolute Gasteiger partial charge is 0.315 e. The van der Waals surface area contributed by atoms with Crippen LogP contribution in [0.15, 0.2) is 0 Å². The Hall–Kier alpha value is -1.79. The predicted octanol–water partition coefficient (Wildman–Crippen LogP) is 0.989. The minimum Gasteiger partial charge on any atom is -0.481 e. The largest absolute Gasteiger partial charge is 0.481 e. The lowest BCUT2D eigenvalue weighted by atomic mass is 9.79. The molecule has 7 heteroatoms. The standard InChI is InChI=1S/C14H25N3O4/c1-2-15-11(18)6-9-16-13(21)17-14(10-12(19)20)7-4-3-5-8-14/h2-10H2,1H3,(H,15,18)(H,19,20)(H2,16,17,21). The second-order valence-electron chi connectivity index (χ2n) is 5.50. The normalized spacial score (nSPS) is 16.8. The first kappa shape index (κ1) is 17.3. The SMILES string of the molecule is CCNC(=O)CCNC(=O)NC1(CC(=O)O)CCCCC1. The highest BCUT2D eigenvalue weighted by atomic mass is 16.4. The summed E-state index contributed by atoms with van der Waals surface area (Å²) in [6, 6.07) is -0.401. The summed E-state index contributed by atoms with van der Waals surface area (Å²) in [6.07, 6.45) is 4.44. The first-order chi connectivity index (χ1) is 9.97. The molecule has 0 aromatic heterocycles. The number of hydrogen-bond donors (Lipinski definition) is 4. The number of carboxylic acids is 1. The van der Waals surface area contributed by atoms with E-state index in [0.717, 1.165) is 19.3 Å². The van der Waals surface area contributed by atoms with Gasteiger partial charge in [0.15, 0.2) is 0 Å². The maximum Gasteiger partial charge on any atom is 0.315 e. The van der Waals surface area contributed by atoms with Crippen LogP contribution in [0.3, 0.4) is 0 Å². The van der Waals surface area contributed by atoms with Crippen molar-refractivity contribution in [3.63, 3.8) is 0 Å². The average molecular weight is 299 g/mol. The van der Waals surface area contributed by atoms with Crippen molar-refractivity contribution in [2.24, 2.45) is 0 Å². The molecule has 1 saturated carbocycles. The van der Waals surface area contributed by atoms with Gasteiger partial charge in [0.1, 0.15) is 0 Å². The molecule has 0 aromatic carbocycles. The molecule has 0 aliphatic heterocycles. The van der Waals surface area contributed by atoms with E-state index in [1.807, 2.05) is 6.92 Å².